The summed E-state index contributed by atoms with van der Waals surface area (Å²) >= 11 is 0. The van der Waals surface area contributed by atoms with Gasteiger partial charge in [0, 0.05) is 7.05 Å². The molecule has 8 nitrogen and oxygen atoms in total. The second-order valence-electron chi connectivity index (χ2n) is 4.67. The van der Waals surface area contributed by atoms with E-state index in [1.165, 1.54) is 6.33 Å². The number of carboxylic acids is 1. The molecule has 2 amide bonds. The molecular formula is C12H21N5O3. The zero-order chi connectivity index (χ0) is 15.1. The van der Waals surface area contributed by atoms with Crippen LogP contribution in [-0.4, -0.2) is 37.9 Å². The van der Waals surface area contributed by atoms with Crippen molar-refractivity contribution in [1.29, 1.82) is 0 Å². The van der Waals surface area contributed by atoms with Crippen LogP contribution in [0.1, 0.15) is 45.0 Å². The molecule has 0 saturated carbocycles. The quantitative estimate of drug-likeness (QED) is 0.686. The molecule has 1 rings (SSSR count). The van der Waals surface area contributed by atoms with Gasteiger partial charge in [0.15, 0.2) is 5.82 Å². The SMILES string of the molecule is CCCCC(NC(=O)NC(C)c1nncn1C)C(=O)O. The molecule has 0 aliphatic carbocycles. The molecule has 8 heteroatoms. The van der Waals surface area contributed by atoms with Gasteiger partial charge in [0.05, 0.1) is 6.04 Å². The molecular weight excluding hydrogens is 262 g/mol. The zero-order valence-corrected chi connectivity index (χ0v) is 12.0. The van der Waals surface area contributed by atoms with Crippen molar-refractivity contribution in [3.63, 3.8) is 0 Å². The van der Waals surface area contributed by atoms with Crippen LogP contribution >= 0.6 is 0 Å². The van der Waals surface area contributed by atoms with Gasteiger partial charge in [-0.05, 0) is 13.3 Å². The van der Waals surface area contributed by atoms with Gasteiger partial charge in [-0.1, -0.05) is 19.8 Å². The first-order valence-electron chi connectivity index (χ1n) is 6.59. The Kier molecular flexibility index (Phi) is 5.95. The highest BCUT2D eigenvalue weighted by atomic mass is 16.4. The molecule has 0 aliphatic heterocycles. The first-order valence-corrected chi connectivity index (χ1v) is 6.59. The number of nitrogens with one attached hydrogen (secondary N) is 2. The van der Waals surface area contributed by atoms with Crippen LogP contribution in [0, 0.1) is 0 Å². The third kappa shape index (κ3) is 4.52. The first-order chi connectivity index (χ1) is 9.45. The molecule has 0 saturated heterocycles. The summed E-state index contributed by atoms with van der Waals surface area (Å²) in [5.74, 6) is -0.430. The summed E-state index contributed by atoms with van der Waals surface area (Å²) < 4.78 is 1.69. The van der Waals surface area contributed by atoms with E-state index in [1.54, 1.807) is 18.5 Å². The van der Waals surface area contributed by atoms with Crippen LogP contribution in [-0.2, 0) is 11.8 Å². The van der Waals surface area contributed by atoms with E-state index in [0.29, 0.717) is 12.2 Å². The normalized spacial score (nSPS) is 13.6. The van der Waals surface area contributed by atoms with Crippen LogP contribution in [0.15, 0.2) is 6.33 Å². The number of carboxylic acid groups (broad SMARTS) is 1. The topological polar surface area (TPSA) is 109 Å². The largest absolute Gasteiger partial charge is 0.480 e. The van der Waals surface area contributed by atoms with E-state index in [1.807, 2.05) is 6.92 Å². The van der Waals surface area contributed by atoms with E-state index in [0.717, 1.165) is 12.8 Å². The fourth-order valence-electron chi connectivity index (χ4n) is 1.81. The molecule has 1 aromatic rings. The Hall–Kier alpha value is -2.12. The fourth-order valence-corrected chi connectivity index (χ4v) is 1.81. The number of carbonyl (C=O) groups is 2. The van der Waals surface area contributed by atoms with Gasteiger partial charge in [0.25, 0.3) is 0 Å². The Morgan fingerprint density at radius 1 is 1.45 bits per heavy atom. The summed E-state index contributed by atoms with van der Waals surface area (Å²) in [7, 11) is 1.77. The number of carbonyl (C=O) groups excluding carboxylic acids is 1. The highest BCUT2D eigenvalue weighted by Gasteiger charge is 2.21. The van der Waals surface area contributed by atoms with Gasteiger partial charge in [0.2, 0.25) is 0 Å². The summed E-state index contributed by atoms with van der Waals surface area (Å²) in [5.41, 5.74) is 0. The molecule has 20 heavy (non-hydrogen) atoms. The highest BCUT2D eigenvalue weighted by Crippen LogP contribution is 2.07. The summed E-state index contributed by atoms with van der Waals surface area (Å²) in [4.78, 5) is 22.8. The minimum atomic E-state index is -1.03. The Balaban J connectivity index is 2.53. The molecule has 3 N–H and O–H groups in total. The van der Waals surface area contributed by atoms with E-state index < -0.39 is 18.0 Å². The standard InChI is InChI=1S/C12H21N5O3/c1-4-5-6-9(11(18)19)15-12(20)14-8(2)10-16-13-7-17(10)3/h7-9H,4-6H2,1-3H3,(H,18,19)(H2,14,15,20). The van der Waals surface area contributed by atoms with Crippen LogP contribution in [0.4, 0.5) is 4.79 Å². The molecule has 2 unspecified atom stereocenters. The molecule has 0 bridgehead atoms. The number of urea groups is 1. The average molecular weight is 283 g/mol. The lowest BCUT2D eigenvalue weighted by Crippen LogP contribution is -2.46. The summed E-state index contributed by atoms with van der Waals surface area (Å²) in [6.45, 7) is 3.72. The van der Waals surface area contributed by atoms with E-state index in [9.17, 15) is 9.59 Å². The maximum Gasteiger partial charge on any atom is 0.326 e. The molecule has 0 fully saturated rings. The van der Waals surface area contributed by atoms with E-state index in [4.69, 9.17) is 5.11 Å². The van der Waals surface area contributed by atoms with Crippen LogP contribution in [0.2, 0.25) is 0 Å². The smallest absolute Gasteiger partial charge is 0.326 e. The summed E-state index contributed by atoms with van der Waals surface area (Å²) in [5, 5.41) is 21.8. The van der Waals surface area contributed by atoms with Gasteiger partial charge in [-0.25, -0.2) is 9.59 Å². The highest BCUT2D eigenvalue weighted by molar-refractivity contribution is 5.82. The van der Waals surface area contributed by atoms with Crippen molar-refractivity contribution in [2.45, 2.75) is 45.2 Å². The number of aliphatic carboxylic acids is 1. The Labute approximate surface area is 117 Å². The van der Waals surface area contributed by atoms with Gasteiger partial charge in [-0.2, -0.15) is 0 Å². The zero-order valence-electron chi connectivity index (χ0n) is 12.0. The molecule has 1 heterocycles. The van der Waals surface area contributed by atoms with Crippen molar-refractivity contribution in [1.82, 2.24) is 25.4 Å². The molecule has 0 radical (unpaired) electrons. The number of aryl methyl sites for hydroxylation is 1. The van der Waals surface area contributed by atoms with Crippen LogP contribution in [0.5, 0.6) is 0 Å². The number of amides is 2. The molecule has 1 aromatic heterocycles. The van der Waals surface area contributed by atoms with Gasteiger partial charge in [-0.15, -0.1) is 10.2 Å². The lowest BCUT2D eigenvalue weighted by molar-refractivity contribution is -0.139. The van der Waals surface area contributed by atoms with Crippen LogP contribution < -0.4 is 10.6 Å². The van der Waals surface area contributed by atoms with E-state index in [2.05, 4.69) is 20.8 Å². The second-order valence-corrected chi connectivity index (χ2v) is 4.67. The van der Waals surface area contributed by atoms with E-state index >= 15 is 0 Å². The molecule has 0 aliphatic rings. The van der Waals surface area contributed by atoms with Gasteiger partial charge < -0.3 is 20.3 Å². The third-order valence-corrected chi connectivity index (χ3v) is 2.93. The minimum Gasteiger partial charge on any atom is -0.480 e. The fraction of sp³-hybridized carbons (Fsp3) is 0.667. The lowest BCUT2D eigenvalue weighted by atomic mass is 10.1. The van der Waals surface area contributed by atoms with Crippen molar-refractivity contribution in [3.05, 3.63) is 12.2 Å². The van der Waals surface area contributed by atoms with Gasteiger partial charge in [0.1, 0.15) is 12.4 Å². The molecule has 2 atom stereocenters. The maximum atomic E-state index is 11.8. The number of hydrogen-bond acceptors (Lipinski definition) is 4. The van der Waals surface area contributed by atoms with Crippen molar-refractivity contribution in [2.24, 2.45) is 7.05 Å². The van der Waals surface area contributed by atoms with E-state index in [-0.39, 0.29) is 6.04 Å². The van der Waals surface area contributed by atoms with Crippen molar-refractivity contribution < 1.29 is 14.7 Å². The number of nitrogens with zero attached hydrogens (tertiary/aromatic N) is 3. The average Bonchev–Trinajstić information content (AvgIpc) is 2.80. The Morgan fingerprint density at radius 2 is 2.15 bits per heavy atom. The monoisotopic (exact) mass is 283 g/mol. The summed E-state index contributed by atoms with van der Waals surface area (Å²) in [6, 6.07) is -1.76. The summed E-state index contributed by atoms with van der Waals surface area (Å²) in [6.07, 6.45) is 3.57. The van der Waals surface area contributed by atoms with Crippen LogP contribution in [0.25, 0.3) is 0 Å². The predicted molar refractivity (Wildman–Crippen MR) is 72.0 cm³/mol. The number of rotatable bonds is 7. The lowest BCUT2D eigenvalue weighted by Gasteiger charge is -2.17. The maximum absolute atomic E-state index is 11.8. The Bertz CT molecular complexity index is 460. The predicted octanol–water partition coefficient (Wildman–Crippen LogP) is 0.819. The molecule has 0 spiro atoms. The molecule has 0 aromatic carbocycles. The minimum absolute atomic E-state index is 0.358. The second kappa shape index (κ2) is 7.46. The third-order valence-electron chi connectivity index (χ3n) is 2.93. The number of aromatic nitrogens is 3. The van der Waals surface area contributed by atoms with Crippen LogP contribution in [0.3, 0.4) is 0 Å². The van der Waals surface area contributed by atoms with Crippen molar-refractivity contribution >= 4 is 12.0 Å². The first kappa shape index (κ1) is 15.9. The Morgan fingerprint density at radius 3 is 2.65 bits per heavy atom. The van der Waals surface area contributed by atoms with Gasteiger partial charge in [-0.3, -0.25) is 0 Å². The van der Waals surface area contributed by atoms with Crippen molar-refractivity contribution in [3.8, 4) is 0 Å². The van der Waals surface area contributed by atoms with Gasteiger partial charge >= 0.3 is 12.0 Å². The molecule has 112 valence electrons. The van der Waals surface area contributed by atoms with Crippen molar-refractivity contribution in [2.75, 3.05) is 0 Å². The number of unbranched alkanes of at least 4 members (excludes halogenated alkanes) is 1. The number of hydrogen-bond donors (Lipinski definition) is 3.